The van der Waals surface area contributed by atoms with Gasteiger partial charge in [-0.1, -0.05) is 48.2 Å². The van der Waals surface area contributed by atoms with Gasteiger partial charge in [0.15, 0.2) is 5.43 Å². The lowest BCUT2D eigenvalue weighted by Crippen LogP contribution is -2.27. The van der Waals surface area contributed by atoms with Gasteiger partial charge >= 0.3 is 0 Å². The third-order valence-corrected chi connectivity index (χ3v) is 6.41. The summed E-state index contributed by atoms with van der Waals surface area (Å²) in [6.07, 6.45) is 2.09. The molecule has 33 heavy (non-hydrogen) atoms. The number of amides is 1. The van der Waals surface area contributed by atoms with E-state index < -0.39 is 0 Å². The first-order chi connectivity index (χ1) is 16.1. The Morgan fingerprint density at radius 1 is 1.06 bits per heavy atom. The van der Waals surface area contributed by atoms with Gasteiger partial charge in [0, 0.05) is 29.2 Å². The van der Waals surface area contributed by atoms with Gasteiger partial charge in [0.25, 0.3) is 0 Å². The molecule has 1 saturated carbocycles. The molecule has 2 aromatic heterocycles. The number of aryl methyl sites for hydroxylation is 1. The summed E-state index contributed by atoms with van der Waals surface area (Å²) in [5, 5.41) is 7.49. The molecular weight excluding hydrogens is 432 g/mol. The Balaban J connectivity index is 1.64. The predicted octanol–water partition coefficient (Wildman–Crippen LogP) is 4.81. The highest BCUT2D eigenvalue weighted by atomic mass is 32.2. The lowest BCUT2D eigenvalue weighted by Gasteiger charge is -2.19. The van der Waals surface area contributed by atoms with E-state index in [1.54, 1.807) is 6.07 Å². The maximum Gasteiger partial charge on any atom is 0.230 e. The Hall–Kier alpha value is -3.58. The number of carbonyl (C=O) groups is 1. The molecule has 5 rings (SSSR count). The van der Waals surface area contributed by atoms with Gasteiger partial charge in [-0.15, -0.1) is 0 Å². The minimum Gasteiger partial charge on any atom is -0.353 e. The van der Waals surface area contributed by atoms with Crippen molar-refractivity contribution in [3.05, 3.63) is 88.7 Å². The second-order valence-corrected chi connectivity index (χ2v) is 9.11. The van der Waals surface area contributed by atoms with Gasteiger partial charge in [-0.05, 0) is 50.1 Å². The van der Waals surface area contributed by atoms with Crippen LogP contribution in [0.25, 0.3) is 16.6 Å². The second-order valence-electron chi connectivity index (χ2n) is 8.15. The van der Waals surface area contributed by atoms with E-state index >= 15 is 0 Å². The molecule has 166 valence electrons. The highest BCUT2D eigenvalue weighted by molar-refractivity contribution is 8.00. The van der Waals surface area contributed by atoms with E-state index in [-0.39, 0.29) is 17.1 Å². The summed E-state index contributed by atoms with van der Waals surface area (Å²) < 4.78 is 2.03. The first-order valence-corrected chi connectivity index (χ1v) is 11.9. The third kappa shape index (κ3) is 4.78. The van der Waals surface area contributed by atoms with Crippen molar-refractivity contribution in [3.8, 4) is 5.69 Å². The van der Waals surface area contributed by atoms with Gasteiger partial charge in [-0.3, -0.25) is 14.2 Å². The Morgan fingerprint density at radius 2 is 1.76 bits per heavy atom. The van der Waals surface area contributed by atoms with Crippen molar-refractivity contribution >= 4 is 40.1 Å². The number of aromatic nitrogens is 2. The summed E-state index contributed by atoms with van der Waals surface area (Å²) in [6.45, 7) is 1.91. The van der Waals surface area contributed by atoms with E-state index in [0.29, 0.717) is 22.3 Å². The molecule has 0 bridgehead atoms. The number of carbonyl (C=O) groups excluding carboxylic acids is 1. The smallest absolute Gasteiger partial charge is 0.230 e. The maximum atomic E-state index is 13.3. The van der Waals surface area contributed by atoms with Gasteiger partial charge in [-0.25, -0.2) is 4.98 Å². The van der Waals surface area contributed by atoms with Crippen LogP contribution in [-0.4, -0.2) is 27.3 Å². The quantitative estimate of drug-likeness (QED) is 0.391. The molecule has 0 atom stereocenters. The fourth-order valence-electron chi connectivity index (χ4n) is 3.78. The minimum absolute atomic E-state index is 0.0234. The molecule has 7 heteroatoms. The number of rotatable bonds is 7. The van der Waals surface area contributed by atoms with E-state index in [4.69, 9.17) is 0 Å². The molecule has 0 spiro atoms. The summed E-state index contributed by atoms with van der Waals surface area (Å²) in [5.74, 6) is 0.874. The largest absolute Gasteiger partial charge is 0.353 e. The molecule has 1 aliphatic rings. The number of anilines is 2. The minimum atomic E-state index is -0.131. The van der Waals surface area contributed by atoms with Crippen LogP contribution in [0.3, 0.4) is 0 Å². The molecule has 0 saturated heterocycles. The zero-order chi connectivity index (χ0) is 22.8. The molecule has 2 heterocycles. The van der Waals surface area contributed by atoms with Gasteiger partial charge < -0.3 is 10.6 Å². The summed E-state index contributed by atoms with van der Waals surface area (Å²) in [5.41, 5.74) is 3.22. The lowest BCUT2D eigenvalue weighted by atomic mass is 10.2. The number of hydrogen-bond donors (Lipinski definition) is 2. The van der Waals surface area contributed by atoms with Crippen molar-refractivity contribution in [1.82, 2.24) is 14.9 Å². The summed E-state index contributed by atoms with van der Waals surface area (Å²) in [4.78, 5) is 30.2. The van der Waals surface area contributed by atoms with E-state index in [9.17, 15) is 9.59 Å². The molecule has 1 fully saturated rings. The van der Waals surface area contributed by atoms with Gasteiger partial charge in [0.2, 0.25) is 5.91 Å². The number of benzene rings is 2. The van der Waals surface area contributed by atoms with Crippen molar-refractivity contribution in [3.63, 3.8) is 0 Å². The van der Waals surface area contributed by atoms with Gasteiger partial charge in [0.1, 0.15) is 10.8 Å². The second kappa shape index (κ2) is 9.11. The molecule has 4 aromatic rings. The number of nitrogens with one attached hydrogen (secondary N) is 2. The zero-order valence-electron chi connectivity index (χ0n) is 18.2. The molecule has 2 aromatic carbocycles. The van der Waals surface area contributed by atoms with Crippen LogP contribution in [0, 0.1) is 6.92 Å². The molecule has 1 amide bonds. The predicted molar refractivity (Wildman–Crippen MR) is 134 cm³/mol. The van der Waals surface area contributed by atoms with Crippen molar-refractivity contribution in [2.75, 3.05) is 11.1 Å². The zero-order valence-corrected chi connectivity index (χ0v) is 19.1. The monoisotopic (exact) mass is 456 g/mol. The van der Waals surface area contributed by atoms with E-state index in [0.717, 1.165) is 35.4 Å². The normalized spacial score (nSPS) is 13.1. The summed E-state index contributed by atoms with van der Waals surface area (Å²) in [7, 11) is 0. The van der Waals surface area contributed by atoms with Crippen LogP contribution in [0.1, 0.15) is 18.5 Å². The summed E-state index contributed by atoms with van der Waals surface area (Å²) >= 11 is 1.31. The van der Waals surface area contributed by atoms with Crippen LogP contribution >= 0.6 is 11.8 Å². The van der Waals surface area contributed by atoms with Crippen LogP contribution < -0.4 is 16.1 Å². The third-order valence-electron chi connectivity index (χ3n) is 5.43. The number of pyridine rings is 2. The highest BCUT2D eigenvalue weighted by Crippen LogP contribution is 2.30. The molecule has 0 radical (unpaired) electrons. The molecule has 1 aliphatic carbocycles. The Kier molecular flexibility index (Phi) is 5.88. The van der Waals surface area contributed by atoms with Gasteiger partial charge in [0.05, 0.1) is 16.7 Å². The van der Waals surface area contributed by atoms with Crippen LogP contribution in [0.4, 0.5) is 11.5 Å². The Labute approximate surface area is 196 Å². The van der Waals surface area contributed by atoms with Crippen molar-refractivity contribution in [2.45, 2.75) is 30.8 Å². The lowest BCUT2D eigenvalue weighted by molar-refractivity contribution is -0.118. The number of hydrogen-bond acceptors (Lipinski definition) is 5. The standard InChI is InChI=1S/C26H24N4O2S/c1-17-14-21-25(26(27-17)33-16-24(32)29-19-12-13-19)22(31)15-23(28-18-8-4-2-5-9-18)30(21)20-10-6-3-7-11-20/h2-11,14-15,19,28H,12-13,16H2,1H3,(H,29,32). The van der Waals surface area contributed by atoms with E-state index in [1.165, 1.54) is 11.8 Å². The van der Waals surface area contributed by atoms with E-state index in [1.807, 2.05) is 78.2 Å². The Bertz CT molecular complexity index is 1370. The van der Waals surface area contributed by atoms with Gasteiger partial charge in [-0.2, -0.15) is 0 Å². The van der Waals surface area contributed by atoms with Crippen molar-refractivity contribution in [1.29, 1.82) is 0 Å². The SMILES string of the molecule is Cc1cc2c(c(SCC(=O)NC3CC3)n1)c(=O)cc(Nc1ccccc1)n2-c1ccccc1. The summed E-state index contributed by atoms with van der Waals surface area (Å²) in [6, 6.07) is 23.5. The molecule has 0 aliphatic heterocycles. The number of fused-ring (bicyclic) bond motifs is 1. The average Bonchev–Trinajstić information content (AvgIpc) is 3.62. The van der Waals surface area contributed by atoms with Crippen LogP contribution in [-0.2, 0) is 4.79 Å². The topological polar surface area (TPSA) is 76.0 Å². The molecule has 2 N–H and O–H groups in total. The fourth-order valence-corrected chi connectivity index (χ4v) is 4.69. The molecule has 6 nitrogen and oxygen atoms in total. The highest BCUT2D eigenvalue weighted by Gasteiger charge is 2.23. The van der Waals surface area contributed by atoms with Crippen LogP contribution in [0.5, 0.6) is 0 Å². The first kappa shape index (κ1) is 21.3. The van der Waals surface area contributed by atoms with Crippen molar-refractivity contribution in [2.24, 2.45) is 0 Å². The Morgan fingerprint density at radius 3 is 2.45 bits per heavy atom. The average molecular weight is 457 g/mol. The van der Waals surface area contributed by atoms with Crippen molar-refractivity contribution < 1.29 is 4.79 Å². The van der Waals surface area contributed by atoms with E-state index in [2.05, 4.69) is 15.6 Å². The number of thioether (sulfide) groups is 1. The fraction of sp³-hybridized carbons (Fsp3) is 0.192. The first-order valence-electron chi connectivity index (χ1n) is 11.0. The van der Waals surface area contributed by atoms with Crippen LogP contribution in [0.15, 0.2) is 82.6 Å². The molecular formula is C26H24N4O2S. The number of nitrogens with zero attached hydrogens (tertiary/aromatic N) is 2. The van der Waals surface area contributed by atoms with Crippen LogP contribution in [0.2, 0.25) is 0 Å². The maximum absolute atomic E-state index is 13.3. The molecule has 0 unspecified atom stereocenters. The number of para-hydroxylation sites is 2.